The second-order valence-electron chi connectivity index (χ2n) is 5.15. The molecule has 0 saturated carbocycles. The van der Waals surface area contributed by atoms with Crippen molar-refractivity contribution in [3.05, 3.63) is 67.0 Å². The highest BCUT2D eigenvalue weighted by atomic mass is 32.2. The van der Waals surface area contributed by atoms with Crippen LogP contribution in [0.5, 0.6) is 0 Å². The summed E-state index contributed by atoms with van der Waals surface area (Å²) in [5.41, 5.74) is 1.89. The minimum atomic E-state index is -3.67. The highest BCUT2D eigenvalue weighted by Gasteiger charge is 2.30. The van der Waals surface area contributed by atoms with Gasteiger partial charge in [0.05, 0.1) is 17.1 Å². The first kappa shape index (κ1) is 17.2. The third kappa shape index (κ3) is 3.28. The zero-order valence-corrected chi connectivity index (χ0v) is 14.3. The number of rotatable bonds is 7. The van der Waals surface area contributed by atoms with Gasteiger partial charge in [-0.05, 0) is 26.0 Å². The van der Waals surface area contributed by atoms with Crippen LogP contribution in [0.3, 0.4) is 0 Å². The fourth-order valence-corrected chi connectivity index (χ4v) is 4.25. The van der Waals surface area contributed by atoms with E-state index in [0.29, 0.717) is 11.4 Å². The Labute approximate surface area is 137 Å². The van der Waals surface area contributed by atoms with Gasteiger partial charge in [-0.15, -0.1) is 13.2 Å². The highest BCUT2D eigenvalue weighted by Crippen LogP contribution is 2.25. The lowest BCUT2D eigenvalue weighted by Crippen LogP contribution is -2.32. The maximum absolute atomic E-state index is 13.0. The van der Waals surface area contributed by atoms with Crippen LogP contribution in [0.15, 0.2) is 60.5 Å². The molecule has 0 aliphatic heterocycles. The summed E-state index contributed by atoms with van der Waals surface area (Å²) in [4.78, 5) is 0.241. The number of para-hydroxylation sites is 1. The van der Waals surface area contributed by atoms with Crippen molar-refractivity contribution < 1.29 is 8.42 Å². The molecule has 0 radical (unpaired) electrons. The van der Waals surface area contributed by atoms with Crippen LogP contribution in [-0.2, 0) is 10.0 Å². The molecule has 6 heteroatoms. The van der Waals surface area contributed by atoms with Crippen LogP contribution < -0.4 is 0 Å². The lowest BCUT2D eigenvalue weighted by molar-refractivity contribution is 0.473. The van der Waals surface area contributed by atoms with Gasteiger partial charge >= 0.3 is 0 Å². The van der Waals surface area contributed by atoms with E-state index in [4.69, 9.17) is 0 Å². The number of sulfonamides is 1. The summed E-state index contributed by atoms with van der Waals surface area (Å²) in [6.45, 7) is 11.2. The zero-order chi connectivity index (χ0) is 17.0. The second kappa shape index (κ2) is 6.93. The van der Waals surface area contributed by atoms with Gasteiger partial charge in [0.25, 0.3) is 0 Å². The van der Waals surface area contributed by atoms with E-state index in [1.54, 1.807) is 30.7 Å². The maximum atomic E-state index is 13.0. The first-order valence-corrected chi connectivity index (χ1v) is 8.71. The molecule has 5 nitrogen and oxygen atoms in total. The third-order valence-electron chi connectivity index (χ3n) is 3.49. The van der Waals surface area contributed by atoms with Crippen molar-refractivity contribution in [2.75, 3.05) is 13.1 Å². The van der Waals surface area contributed by atoms with Gasteiger partial charge in [-0.1, -0.05) is 30.4 Å². The molecule has 2 aromatic rings. The monoisotopic (exact) mass is 331 g/mol. The average Bonchev–Trinajstić information content (AvgIpc) is 2.83. The van der Waals surface area contributed by atoms with Gasteiger partial charge in [0, 0.05) is 13.1 Å². The molecule has 0 spiro atoms. The molecule has 0 unspecified atom stereocenters. The van der Waals surface area contributed by atoms with Gasteiger partial charge in [-0.2, -0.15) is 9.40 Å². The lowest BCUT2D eigenvalue weighted by atomic mass is 10.3. The van der Waals surface area contributed by atoms with Gasteiger partial charge in [0.1, 0.15) is 4.90 Å². The Kier molecular flexibility index (Phi) is 5.18. The molecule has 0 N–H and O–H groups in total. The summed E-state index contributed by atoms with van der Waals surface area (Å²) in [7, 11) is -3.67. The average molecular weight is 331 g/mol. The van der Waals surface area contributed by atoms with Crippen LogP contribution in [-0.4, -0.2) is 35.6 Å². The number of hydrogen-bond donors (Lipinski definition) is 0. The smallest absolute Gasteiger partial charge is 0.236 e. The fraction of sp³-hybridized carbons (Fsp3) is 0.235. The van der Waals surface area contributed by atoms with E-state index < -0.39 is 10.0 Å². The van der Waals surface area contributed by atoms with Crippen molar-refractivity contribution in [3.8, 4) is 5.69 Å². The highest BCUT2D eigenvalue weighted by molar-refractivity contribution is 7.89. The standard InChI is InChI=1S/C17H21N3O2S/c1-5-12-19(13-6-2)23(21,22)17-14(3)18-20(15(17)4)16-10-8-7-9-11-16/h5-11H,1-2,12-13H2,3-4H3. The number of aryl methyl sites for hydroxylation is 1. The molecule has 122 valence electrons. The summed E-state index contributed by atoms with van der Waals surface area (Å²) in [6.07, 6.45) is 3.13. The predicted octanol–water partition coefficient (Wildman–Crippen LogP) is 2.85. The van der Waals surface area contributed by atoms with Crippen LogP contribution in [0.25, 0.3) is 5.69 Å². The molecule has 0 amide bonds. The summed E-state index contributed by atoms with van der Waals surface area (Å²) < 4.78 is 28.9. The van der Waals surface area contributed by atoms with E-state index >= 15 is 0 Å². The topological polar surface area (TPSA) is 55.2 Å². The number of aromatic nitrogens is 2. The molecule has 1 aromatic carbocycles. The zero-order valence-electron chi connectivity index (χ0n) is 13.4. The summed E-state index contributed by atoms with van der Waals surface area (Å²) in [5, 5.41) is 4.41. The Morgan fingerprint density at radius 1 is 1.13 bits per heavy atom. The summed E-state index contributed by atoms with van der Waals surface area (Å²) >= 11 is 0. The molecular formula is C17H21N3O2S. The second-order valence-corrected chi connectivity index (χ2v) is 7.02. The molecular weight excluding hydrogens is 310 g/mol. The quantitative estimate of drug-likeness (QED) is 0.733. The van der Waals surface area contributed by atoms with Gasteiger partial charge in [-0.25, -0.2) is 13.1 Å². The van der Waals surface area contributed by atoms with E-state index in [9.17, 15) is 8.42 Å². The van der Waals surface area contributed by atoms with Gasteiger partial charge in [0.15, 0.2) is 0 Å². The molecule has 0 aliphatic carbocycles. The third-order valence-corrected chi connectivity index (χ3v) is 5.57. The van der Waals surface area contributed by atoms with Crippen molar-refractivity contribution >= 4 is 10.0 Å². The molecule has 1 aromatic heterocycles. The van der Waals surface area contributed by atoms with E-state index in [0.717, 1.165) is 5.69 Å². The molecule has 0 aliphatic rings. The van der Waals surface area contributed by atoms with E-state index in [-0.39, 0.29) is 18.0 Å². The summed E-state index contributed by atoms with van der Waals surface area (Å²) in [6, 6.07) is 9.47. The molecule has 0 saturated heterocycles. The van der Waals surface area contributed by atoms with Crippen molar-refractivity contribution in [1.82, 2.24) is 14.1 Å². The van der Waals surface area contributed by atoms with Crippen LogP contribution in [0, 0.1) is 13.8 Å². The molecule has 1 heterocycles. The number of benzene rings is 1. The van der Waals surface area contributed by atoms with E-state index in [2.05, 4.69) is 18.3 Å². The van der Waals surface area contributed by atoms with Gasteiger partial charge in [0.2, 0.25) is 10.0 Å². The minimum absolute atomic E-state index is 0.226. The molecule has 0 bridgehead atoms. The normalized spacial score (nSPS) is 11.6. The molecule has 2 rings (SSSR count). The van der Waals surface area contributed by atoms with Crippen molar-refractivity contribution in [2.45, 2.75) is 18.7 Å². The Morgan fingerprint density at radius 3 is 2.22 bits per heavy atom. The Hall–Kier alpha value is -2.18. The van der Waals surface area contributed by atoms with E-state index in [1.807, 2.05) is 30.3 Å². The van der Waals surface area contributed by atoms with Crippen LogP contribution in [0.4, 0.5) is 0 Å². The van der Waals surface area contributed by atoms with Crippen molar-refractivity contribution in [2.24, 2.45) is 0 Å². The summed E-state index contributed by atoms with van der Waals surface area (Å²) in [5.74, 6) is 0. The Morgan fingerprint density at radius 2 is 1.70 bits per heavy atom. The maximum Gasteiger partial charge on any atom is 0.247 e. The van der Waals surface area contributed by atoms with Crippen molar-refractivity contribution in [3.63, 3.8) is 0 Å². The minimum Gasteiger partial charge on any atom is -0.236 e. The van der Waals surface area contributed by atoms with Crippen LogP contribution >= 0.6 is 0 Å². The predicted molar refractivity (Wildman–Crippen MR) is 92.2 cm³/mol. The van der Waals surface area contributed by atoms with E-state index in [1.165, 1.54) is 4.31 Å². The molecule has 0 fully saturated rings. The Balaban J connectivity index is 2.57. The Bertz CT molecular complexity index is 798. The number of hydrogen-bond acceptors (Lipinski definition) is 3. The fourth-order valence-electron chi connectivity index (χ4n) is 2.51. The first-order valence-electron chi connectivity index (χ1n) is 7.27. The largest absolute Gasteiger partial charge is 0.247 e. The lowest BCUT2D eigenvalue weighted by Gasteiger charge is -2.19. The first-order chi connectivity index (χ1) is 10.9. The SMILES string of the molecule is C=CCN(CC=C)S(=O)(=O)c1c(C)nn(-c2ccccc2)c1C. The van der Waals surface area contributed by atoms with Crippen molar-refractivity contribution in [1.29, 1.82) is 0 Å². The van der Waals surface area contributed by atoms with Gasteiger partial charge < -0.3 is 0 Å². The van der Waals surface area contributed by atoms with Crippen LogP contribution in [0.1, 0.15) is 11.4 Å². The van der Waals surface area contributed by atoms with Gasteiger partial charge in [-0.3, -0.25) is 0 Å². The number of nitrogens with zero attached hydrogens (tertiary/aromatic N) is 3. The molecule has 23 heavy (non-hydrogen) atoms. The molecule has 0 atom stereocenters. The van der Waals surface area contributed by atoms with Crippen LogP contribution in [0.2, 0.25) is 0 Å².